The number of carbonyl (C=O) groups is 2. The van der Waals surface area contributed by atoms with E-state index in [1.54, 1.807) is 0 Å². The van der Waals surface area contributed by atoms with Crippen LogP contribution in [0.15, 0.2) is 29.5 Å². The van der Waals surface area contributed by atoms with Gasteiger partial charge in [-0.15, -0.1) is 0 Å². The van der Waals surface area contributed by atoms with E-state index in [-0.39, 0.29) is 36.0 Å². The molecule has 1 aromatic rings. The van der Waals surface area contributed by atoms with Gasteiger partial charge in [-0.05, 0) is 12.1 Å². The lowest BCUT2D eigenvalue weighted by Gasteiger charge is -2.32. The molecule has 142 valence electrons. The maximum Gasteiger partial charge on any atom is 0.355 e. The molecule has 0 aromatic heterocycles. The number of alkyl halides is 2. The third kappa shape index (κ3) is 4.26. The molecule has 0 bridgehead atoms. The van der Waals surface area contributed by atoms with Crippen molar-refractivity contribution >= 4 is 17.6 Å². The first kappa shape index (κ1) is 19.6. The largest absolute Gasteiger partial charge is 0.485 e. The van der Waals surface area contributed by atoms with Gasteiger partial charge in [-0.1, -0.05) is 0 Å². The Morgan fingerprint density at radius 2 is 1.92 bits per heavy atom. The SMILES string of the molecule is COC(=O)C1=C(C(=O)OC)N(c2cc(F)ccc2OCC(F)F)COC1. The zero-order valence-corrected chi connectivity index (χ0v) is 14.0. The van der Waals surface area contributed by atoms with Crippen LogP contribution in [0.5, 0.6) is 5.75 Å². The third-order valence-corrected chi connectivity index (χ3v) is 3.41. The van der Waals surface area contributed by atoms with Crippen LogP contribution >= 0.6 is 0 Å². The van der Waals surface area contributed by atoms with Gasteiger partial charge in [0.25, 0.3) is 6.43 Å². The first-order valence-corrected chi connectivity index (χ1v) is 7.34. The molecule has 1 aliphatic heterocycles. The topological polar surface area (TPSA) is 74.3 Å². The zero-order chi connectivity index (χ0) is 19.3. The van der Waals surface area contributed by atoms with Gasteiger partial charge in [0, 0.05) is 6.07 Å². The summed E-state index contributed by atoms with van der Waals surface area (Å²) in [6.45, 7) is -1.44. The van der Waals surface area contributed by atoms with Crippen LogP contribution in [0.1, 0.15) is 0 Å². The molecule has 0 saturated carbocycles. The summed E-state index contributed by atoms with van der Waals surface area (Å²) >= 11 is 0. The van der Waals surface area contributed by atoms with Crippen molar-refractivity contribution in [3.63, 3.8) is 0 Å². The summed E-state index contributed by atoms with van der Waals surface area (Å²) in [5, 5.41) is 0. The predicted molar refractivity (Wildman–Crippen MR) is 82.3 cm³/mol. The molecule has 7 nitrogen and oxygen atoms in total. The molecule has 0 unspecified atom stereocenters. The summed E-state index contributed by atoms with van der Waals surface area (Å²) in [4.78, 5) is 25.2. The van der Waals surface area contributed by atoms with Gasteiger partial charge in [-0.3, -0.25) is 0 Å². The summed E-state index contributed by atoms with van der Waals surface area (Å²) in [5.74, 6) is -2.58. The van der Waals surface area contributed by atoms with Crippen molar-refractivity contribution in [2.45, 2.75) is 6.43 Å². The molecular formula is C16H16F3NO6. The molecule has 2 rings (SSSR count). The number of ether oxygens (including phenoxy) is 4. The van der Waals surface area contributed by atoms with E-state index >= 15 is 0 Å². The Kier molecular flexibility index (Phi) is 6.45. The fourth-order valence-corrected chi connectivity index (χ4v) is 2.31. The minimum Gasteiger partial charge on any atom is -0.485 e. The highest BCUT2D eigenvalue weighted by Gasteiger charge is 2.34. The number of esters is 2. The smallest absolute Gasteiger partial charge is 0.355 e. The minimum atomic E-state index is -2.76. The maximum absolute atomic E-state index is 13.7. The molecule has 0 N–H and O–H groups in total. The Labute approximate surface area is 146 Å². The first-order valence-electron chi connectivity index (χ1n) is 7.34. The summed E-state index contributed by atoms with van der Waals surface area (Å²) in [7, 11) is 2.21. The van der Waals surface area contributed by atoms with Crippen LogP contribution in [-0.2, 0) is 23.8 Å². The number of rotatable bonds is 6. The number of methoxy groups -OCH3 is 2. The second-order valence-electron chi connectivity index (χ2n) is 5.03. The van der Waals surface area contributed by atoms with Crippen molar-refractivity contribution in [1.82, 2.24) is 0 Å². The van der Waals surface area contributed by atoms with Crippen LogP contribution in [0.25, 0.3) is 0 Å². The van der Waals surface area contributed by atoms with Crippen molar-refractivity contribution in [1.29, 1.82) is 0 Å². The van der Waals surface area contributed by atoms with Crippen LogP contribution in [-0.4, -0.2) is 52.5 Å². The molecule has 0 saturated heterocycles. The van der Waals surface area contributed by atoms with Crippen LogP contribution in [0.3, 0.4) is 0 Å². The van der Waals surface area contributed by atoms with Crippen LogP contribution in [0.2, 0.25) is 0 Å². The zero-order valence-electron chi connectivity index (χ0n) is 14.0. The van der Waals surface area contributed by atoms with Gasteiger partial charge < -0.3 is 23.8 Å². The van der Waals surface area contributed by atoms with Crippen molar-refractivity contribution in [3.8, 4) is 5.75 Å². The summed E-state index contributed by atoms with van der Waals surface area (Å²) in [6.07, 6.45) is -2.76. The Morgan fingerprint density at radius 3 is 2.54 bits per heavy atom. The van der Waals surface area contributed by atoms with Crippen molar-refractivity contribution < 1.29 is 41.7 Å². The Hall–Kier alpha value is -2.75. The van der Waals surface area contributed by atoms with Gasteiger partial charge in [0.1, 0.15) is 30.6 Å². The molecule has 0 amide bonds. The lowest BCUT2D eigenvalue weighted by atomic mass is 10.1. The van der Waals surface area contributed by atoms with Crippen LogP contribution in [0, 0.1) is 5.82 Å². The van der Waals surface area contributed by atoms with E-state index in [1.807, 2.05) is 0 Å². The van der Waals surface area contributed by atoms with E-state index in [4.69, 9.17) is 9.47 Å². The molecular weight excluding hydrogens is 359 g/mol. The summed E-state index contributed by atoms with van der Waals surface area (Å²) < 4.78 is 58.2. The minimum absolute atomic E-state index is 0.0767. The number of benzene rings is 1. The van der Waals surface area contributed by atoms with E-state index in [1.165, 1.54) is 0 Å². The van der Waals surface area contributed by atoms with Crippen molar-refractivity contribution in [2.75, 3.05) is 39.1 Å². The molecule has 1 aliphatic rings. The fraction of sp³-hybridized carbons (Fsp3) is 0.375. The highest BCUT2D eigenvalue weighted by atomic mass is 19.3. The second-order valence-corrected chi connectivity index (χ2v) is 5.03. The highest BCUT2D eigenvalue weighted by Crippen LogP contribution is 2.35. The number of anilines is 1. The molecule has 0 aliphatic carbocycles. The van der Waals surface area contributed by atoms with Crippen molar-refractivity contribution in [3.05, 3.63) is 35.3 Å². The standard InChI is InChI=1S/C16H16F3NO6/c1-23-15(21)10-6-25-8-20(14(10)16(22)24-2)11-5-9(17)3-4-12(11)26-7-13(18)19/h3-5,13H,6-8H2,1-2H3. The Morgan fingerprint density at radius 1 is 1.23 bits per heavy atom. The van der Waals surface area contributed by atoms with E-state index in [2.05, 4.69) is 9.47 Å². The lowest BCUT2D eigenvalue weighted by Crippen LogP contribution is -2.39. The van der Waals surface area contributed by atoms with Crippen molar-refractivity contribution in [2.24, 2.45) is 0 Å². The average Bonchev–Trinajstić information content (AvgIpc) is 2.64. The van der Waals surface area contributed by atoms with Gasteiger partial charge in [-0.2, -0.15) is 0 Å². The second kappa shape index (κ2) is 8.56. The van der Waals surface area contributed by atoms with E-state index < -0.39 is 30.8 Å². The molecule has 0 radical (unpaired) electrons. The number of nitrogens with zero attached hydrogens (tertiary/aromatic N) is 1. The van der Waals surface area contributed by atoms with E-state index in [0.29, 0.717) is 0 Å². The Bertz CT molecular complexity index is 722. The van der Waals surface area contributed by atoms with Gasteiger partial charge in [0.15, 0.2) is 0 Å². The maximum atomic E-state index is 13.7. The van der Waals surface area contributed by atoms with Crippen LogP contribution < -0.4 is 9.64 Å². The van der Waals surface area contributed by atoms with Gasteiger partial charge >= 0.3 is 11.9 Å². The Balaban J connectivity index is 2.55. The molecule has 0 fully saturated rings. The summed E-state index contributed by atoms with van der Waals surface area (Å²) in [6, 6.07) is 3.11. The van der Waals surface area contributed by atoms with Gasteiger partial charge in [0.05, 0.1) is 32.1 Å². The average molecular weight is 375 g/mol. The van der Waals surface area contributed by atoms with Gasteiger partial charge in [0.2, 0.25) is 0 Å². The van der Waals surface area contributed by atoms with E-state index in [9.17, 15) is 22.8 Å². The quantitative estimate of drug-likeness (QED) is 0.703. The molecule has 1 aromatic carbocycles. The number of hydrogen-bond donors (Lipinski definition) is 0. The number of hydrogen-bond acceptors (Lipinski definition) is 7. The number of halogens is 3. The van der Waals surface area contributed by atoms with Gasteiger partial charge in [-0.25, -0.2) is 22.8 Å². The molecule has 0 spiro atoms. The predicted octanol–water partition coefficient (Wildman–Crippen LogP) is 1.86. The van der Waals surface area contributed by atoms with E-state index in [0.717, 1.165) is 37.3 Å². The summed E-state index contributed by atoms with van der Waals surface area (Å²) in [5.41, 5.74) is -0.486. The molecule has 10 heteroatoms. The monoisotopic (exact) mass is 375 g/mol. The molecule has 26 heavy (non-hydrogen) atoms. The highest BCUT2D eigenvalue weighted by molar-refractivity contribution is 6.03. The fourth-order valence-electron chi connectivity index (χ4n) is 2.31. The van der Waals surface area contributed by atoms with Crippen LogP contribution in [0.4, 0.5) is 18.9 Å². The third-order valence-electron chi connectivity index (χ3n) is 3.41. The first-order chi connectivity index (χ1) is 12.4. The molecule has 0 atom stereocenters. The number of carbonyl (C=O) groups excluding carboxylic acids is 2. The molecule has 1 heterocycles. The normalized spacial score (nSPS) is 14.5. The lowest BCUT2D eigenvalue weighted by molar-refractivity contribution is -0.140.